The van der Waals surface area contributed by atoms with E-state index in [2.05, 4.69) is 26.8 Å². The third-order valence-electron chi connectivity index (χ3n) is 3.04. The molecule has 0 bridgehead atoms. The van der Waals surface area contributed by atoms with Crippen LogP contribution < -0.4 is 5.73 Å². The molecule has 0 saturated carbocycles. The van der Waals surface area contributed by atoms with Gasteiger partial charge in [-0.05, 0) is 35.4 Å². The first-order valence-corrected chi connectivity index (χ1v) is 5.90. The van der Waals surface area contributed by atoms with Gasteiger partial charge in [0.05, 0.1) is 0 Å². The number of fused-ring (bicyclic) bond motifs is 1. The fourth-order valence-electron chi connectivity index (χ4n) is 2.16. The number of rotatable bonds is 3. The second-order valence-electron chi connectivity index (χ2n) is 4.22. The fourth-order valence-corrected chi connectivity index (χ4v) is 2.16. The van der Waals surface area contributed by atoms with Crippen molar-refractivity contribution in [1.82, 2.24) is 14.5 Å². The first kappa shape index (κ1) is 10.9. The Morgan fingerprint density at radius 2 is 1.94 bits per heavy atom. The summed E-state index contributed by atoms with van der Waals surface area (Å²) in [6, 6.07) is 8.03. The van der Waals surface area contributed by atoms with Gasteiger partial charge in [0.1, 0.15) is 5.65 Å². The van der Waals surface area contributed by atoms with Crippen LogP contribution in [0.15, 0.2) is 49.1 Å². The van der Waals surface area contributed by atoms with E-state index in [1.807, 2.05) is 24.4 Å². The minimum atomic E-state index is 0.533. The van der Waals surface area contributed by atoms with E-state index in [0.717, 1.165) is 23.1 Å². The van der Waals surface area contributed by atoms with E-state index in [-0.39, 0.29) is 0 Å². The first-order chi connectivity index (χ1) is 8.88. The molecule has 0 aliphatic carbocycles. The lowest BCUT2D eigenvalue weighted by Crippen LogP contribution is -1.99. The molecular formula is C14H14N4. The second-order valence-corrected chi connectivity index (χ2v) is 4.22. The van der Waals surface area contributed by atoms with E-state index in [1.54, 1.807) is 12.4 Å². The molecule has 0 atom stereocenters. The average Bonchev–Trinajstić information content (AvgIpc) is 2.78. The molecule has 0 aliphatic heterocycles. The number of nitrogens with zero attached hydrogens (tertiary/aromatic N) is 3. The van der Waals surface area contributed by atoms with Gasteiger partial charge >= 0.3 is 0 Å². The zero-order valence-corrected chi connectivity index (χ0v) is 9.95. The summed E-state index contributed by atoms with van der Waals surface area (Å²) in [6.45, 7) is 1.32. The molecule has 0 aliphatic rings. The van der Waals surface area contributed by atoms with Gasteiger partial charge in [-0.3, -0.25) is 4.98 Å². The van der Waals surface area contributed by atoms with Gasteiger partial charge in [-0.25, -0.2) is 4.98 Å². The van der Waals surface area contributed by atoms with Gasteiger partial charge in [0.25, 0.3) is 0 Å². The molecule has 0 aromatic carbocycles. The quantitative estimate of drug-likeness (QED) is 0.758. The molecule has 90 valence electrons. The van der Waals surface area contributed by atoms with Crippen LogP contribution >= 0.6 is 0 Å². The number of hydrogen-bond acceptors (Lipinski definition) is 3. The van der Waals surface area contributed by atoms with Crippen molar-refractivity contribution in [2.75, 3.05) is 0 Å². The van der Waals surface area contributed by atoms with Crippen molar-refractivity contribution in [3.05, 3.63) is 60.2 Å². The van der Waals surface area contributed by atoms with E-state index in [4.69, 9.17) is 5.73 Å². The van der Waals surface area contributed by atoms with Gasteiger partial charge in [-0.15, -0.1) is 0 Å². The van der Waals surface area contributed by atoms with E-state index < -0.39 is 0 Å². The molecule has 3 rings (SSSR count). The molecular weight excluding hydrogens is 224 g/mol. The Hall–Kier alpha value is -2.20. The highest BCUT2D eigenvalue weighted by atomic mass is 15.0. The van der Waals surface area contributed by atoms with Crippen molar-refractivity contribution in [1.29, 1.82) is 0 Å². The Bertz CT molecular complexity index is 658. The Morgan fingerprint density at radius 1 is 1.11 bits per heavy atom. The molecule has 2 N–H and O–H groups in total. The summed E-state index contributed by atoms with van der Waals surface area (Å²) in [7, 11) is 0. The normalized spacial score (nSPS) is 10.9. The Morgan fingerprint density at radius 3 is 2.72 bits per heavy atom. The van der Waals surface area contributed by atoms with Crippen molar-refractivity contribution >= 4 is 11.0 Å². The van der Waals surface area contributed by atoms with Crippen molar-refractivity contribution < 1.29 is 0 Å². The van der Waals surface area contributed by atoms with Gasteiger partial charge in [0.15, 0.2) is 0 Å². The van der Waals surface area contributed by atoms with Gasteiger partial charge in [0, 0.05) is 43.3 Å². The molecule has 0 unspecified atom stereocenters. The standard InChI is InChI=1S/C14H14N4/c15-8-12-10-18(9-11-3-6-16-7-4-11)14-13(12)2-1-5-17-14/h1-7,10H,8-9,15H2. The summed E-state index contributed by atoms with van der Waals surface area (Å²) in [5, 5.41) is 1.13. The highest BCUT2D eigenvalue weighted by Gasteiger charge is 2.07. The van der Waals surface area contributed by atoms with Crippen LogP contribution in [0.2, 0.25) is 0 Å². The SMILES string of the molecule is NCc1cn(Cc2ccncc2)c2ncccc12. The van der Waals surface area contributed by atoms with Crippen molar-refractivity contribution in [2.45, 2.75) is 13.1 Å². The molecule has 3 heterocycles. The number of hydrogen-bond donors (Lipinski definition) is 1. The molecule has 0 radical (unpaired) electrons. The molecule has 0 amide bonds. The molecule has 3 aromatic heterocycles. The van der Waals surface area contributed by atoms with Gasteiger partial charge in [-0.1, -0.05) is 0 Å². The van der Waals surface area contributed by atoms with E-state index in [0.29, 0.717) is 6.54 Å². The van der Waals surface area contributed by atoms with Crippen molar-refractivity contribution in [3.63, 3.8) is 0 Å². The van der Waals surface area contributed by atoms with E-state index in [1.165, 1.54) is 5.56 Å². The summed E-state index contributed by atoms with van der Waals surface area (Å²) in [6.07, 6.45) is 7.50. The average molecular weight is 238 g/mol. The molecule has 0 saturated heterocycles. The summed E-state index contributed by atoms with van der Waals surface area (Å²) in [5.41, 5.74) is 9.09. The fraction of sp³-hybridized carbons (Fsp3) is 0.143. The molecule has 4 nitrogen and oxygen atoms in total. The predicted octanol–water partition coefficient (Wildman–Crippen LogP) is 1.94. The zero-order valence-electron chi connectivity index (χ0n) is 9.95. The van der Waals surface area contributed by atoms with E-state index >= 15 is 0 Å². The second kappa shape index (κ2) is 4.58. The topological polar surface area (TPSA) is 56.7 Å². The monoisotopic (exact) mass is 238 g/mol. The summed E-state index contributed by atoms with van der Waals surface area (Å²) in [5.74, 6) is 0. The molecule has 18 heavy (non-hydrogen) atoms. The van der Waals surface area contributed by atoms with Crippen LogP contribution in [0.25, 0.3) is 11.0 Å². The molecule has 0 spiro atoms. The minimum absolute atomic E-state index is 0.533. The maximum Gasteiger partial charge on any atom is 0.140 e. The summed E-state index contributed by atoms with van der Waals surface area (Å²) in [4.78, 5) is 8.46. The first-order valence-electron chi connectivity index (χ1n) is 5.90. The summed E-state index contributed by atoms with van der Waals surface area (Å²) < 4.78 is 2.13. The lowest BCUT2D eigenvalue weighted by molar-refractivity contribution is 0.817. The Kier molecular flexibility index (Phi) is 2.78. The van der Waals surface area contributed by atoms with Crippen molar-refractivity contribution in [2.24, 2.45) is 5.73 Å². The minimum Gasteiger partial charge on any atom is -0.328 e. The van der Waals surface area contributed by atoms with Crippen molar-refractivity contribution in [3.8, 4) is 0 Å². The highest BCUT2D eigenvalue weighted by Crippen LogP contribution is 2.19. The predicted molar refractivity (Wildman–Crippen MR) is 71.0 cm³/mol. The van der Waals surface area contributed by atoms with Crippen LogP contribution in [0.1, 0.15) is 11.1 Å². The van der Waals surface area contributed by atoms with Crippen LogP contribution in [0, 0.1) is 0 Å². The van der Waals surface area contributed by atoms with Crippen LogP contribution in [0.4, 0.5) is 0 Å². The molecule has 0 fully saturated rings. The zero-order chi connectivity index (χ0) is 12.4. The summed E-state index contributed by atoms with van der Waals surface area (Å²) >= 11 is 0. The van der Waals surface area contributed by atoms with E-state index in [9.17, 15) is 0 Å². The lowest BCUT2D eigenvalue weighted by Gasteiger charge is -2.03. The van der Waals surface area contributed by atoms with Gasteiger partial charge in [-0.2, -0.15) is 0 Å². The maximum absolute atomic E-state index is 5.77. The molecule has 3 aromatic rings. The maximum atomic E-state index is 5.77. The van der Waals surface area contributed by atoms with Crippen LogP contribution in [-0.2, 0) is 13.1 Å². The number of pyridine rings is 2. The third-order valence-corrected chi connectivity index (χ3v) is 3.04. The Labute approximate surface area is 105 Å². The van der Waals surface area contributed by atoms with Gasteiger partial charge < -0.3 is 10.3 Å². The largest absolute Gasteiger partial charge is 0.328 e. The lowest BCUT2D eigenvalue weighted by atomic mass is 10.2. The number of aromatic nitrogens is 3. The van der Waals surface area contributed by atoms with Crippen LogP contribution in [-0.4, -0.2) is 14.5 Å². The smallest absolute Gasteiger partial charge is 0.140 e. The number of nitrogens with two attached hydrogens (primary N) is 1. The Balaban J connectivity index is 2.07. The molecule has 4 heteroatoms. The third kappa shape index (κ3) is 1.87. The van der Waals surface area contributed by atoms with Gasteiger partial charge in [0.2, 0.25) is 0 Å². The highest BCUT2D eigenvalue weighted by molar-refractivity contribution is 5.80. The van der Waals surface area contributed by atoms with Crippen LogP contribution in [0.3, 0.4) is 0 Å². The van der Waals surface area contributed by atoms with Crippen LogP contribution in [0.5, 0.6) is 0 Å².